The van der Waals surface area contributed by atoms with Crippen molar-refractivity contribution in [3.05, 3.63) is 0 Å². The van der Waals surface area contributed by atoms with Crippen molar-refractivity contribution >= 4 is 0 Å². The summed E-state index contributed by atoms with van der Waals surface area (Å²) in [5.41, 5.74) is -1.08. The van der Waals surface area contributed by atoms with E-state index < -0.39 is 0 Å². The van der Waals surface area contributed by atoms with Crippen LogP contribution < -0.4 is 0 Å². The largest absolute Gasteiger partial charge is 0.393 e. The molecule has 2 aliphatic heterocycles. The van der Waals surface area contributed by atoms with Crippen molar-refractivity contribution in [1.29, 1.82) is 0 Å². The summed E-state index contributed by atoms with van der Waals surface area (Å²) < 4.78 is 0. The fourth-order valence-corrected chi connectivity index (χ4v) is 5.25. The lowest BCUT2D eigenvalue weighted by atomic mass is 9.80. The molecular weight excluding hydrogens is 320 g/mol. The molecule has 0 aromatic heterocycles. The van der Waals surface area contributed by atoms with Gasteiger partial charge in [0.1, 0.15) is 0 Å². The number of hydrogen-bond acceptors (Lipinski definition) is 6. The van der Waals surface area contributed by atoms with Crippen molar-refractivity contribution in [3.63, 3.8) is 0 Å². The van der Waals surface area contributed by atoms with Crippen LogP contribution in [0, 0.1) is 0 Å². The maximum absolute atomic E-state index is 10.1. The molecule has 0 aromatic carbocycles. The van der Waals surface area contributed by atoms with E-state index in [0.717, 1.165) is 0 Å². The number of aliphatic hydroxyl groups excluding tert-OH is 2. The second kappa shape index (κ2) is 6.73. The Hall–Kier alpha value is -0.240. The van der Waals surface area contributed by atoms with Gasteiger partial charge < -0.3 is 10.2 Å². The third-order valence-corrected chi connectivity index (χ3v) is 5.50. The van der Waals surface area contributed by atoms with Crippen LogP contribution in [0.15, 0.2) is 0 Å². The smallest absolute Gasteiger partial charge is 0.187 e. The third kappa shape index (κ3) is 4.54. The molecule has 0 bridgehead atoms. The highest BCUT2D eigenvalue weighted by molar-refractivity contribution is 4.97. The van der Waals surface area contributed by atoms with Gasteiger partial charge in [0.15, 0.2) is 6.79 Å². The predicted octanol–water partition coefficient (Wildman–Crippen LogP) is 2.83. The lowest BCUT2D eigenvalue weighted by Crippen LogP contribution is -2.63. The maximum Gasteiger partial charge on any atom is 0.187 e. The first-order chi connectivity index (χ1) is 11.2. The maximum atomic E-state index is 10.1. The van der Waals surface area contributed by atoms with Crippen molar-refractivity contribution in [2.45, 2.75) is 115 Å². The molecule has 6 heteroatoms. The Bertz CT molecular complexity index is 398. The predicted molar refractivity (Wildman–Crippen MR) is 97.5 cm³/mol. The zero-order valence-corrected chi connectivity index (χ0v) is 17.3. The minimum atomic E-state index is -0.313. The fourth-order valence-electron chi connectivity index (χ4n) is 5.25. The minimum Gasteiger partial charge on any atom is -0.393 e. The zero-order chi connectivity index (χ0) is 19.3. The lowest BCUT2D eigenvalue weighted by Gasteiger charge is -2.54. The van der Waals surface area contributed by atoms with E-state index in [1.54, 1.807) is 0 Å². The molecule has 0 amide bonds. The summed E-state index contributed by atoms with van der Waals surface area (Å²) in [5, 5.41) is 24.2. The molecule has 0 aromatic rings. The number of hydroxylamine groups is 4. The van der Waals surface area contributed by atoms with Gasteiger partial charge in [-0.25, -0.2) is 0 Å². The average Bonchev–Trinajstić information content (AvgIpc) is 2.30. The highest BCUT2D eigenvalue weighted by atomic mass is 16.8. The van der Waals surface area contributed by atoms with Gasteiger partial charge in [0, 0.05) is 22.2 Å². The van der Waals surface area contributed by atoms with Crippen molar-refractivity contribution in [1.82, 2.24) is 10.1 Å². The monoisotopic (exact) mass is 358 g/mol. The van der Waals surface area contributed by atoms with Crippen LogP contribution in [-0.2, 0) is 9.68 Å². The van der Waals surface area contributed by atoms with Gasteiger partial charge in [-0.1, -0.05) is 0 Å². The minimum absolute atomic E-state index is 0.117. The van der Waals surface area contributed by atoms with Crippen LogP contribution >= 0.6 is 0 Å². The van der Waals surface area contributed by atoms with Gasteiger partial charge in [-0.3, -0.25) is 9.68 Å². The summed E-state index contributed by atoms with van der Waals surface area (Å²) in [6, 6.07) is 0. The molecule has 0 unspecified atom stereocenters. The number of hydrogen-bond donors (Lipinski definition) is 2. The molecule has 2 N–H and O–H groups in total. The van der Waals surface area contributed by atoms with Crippen molar-refractivity contribution < 1.29 is 19.9 Å². The molecule has 2 fully saturated rings. The second-order valence-corrected chi connectivity index (χ2v) is 10.3. The van der Waals surface area contributed by atoms with E-state index in [2.05, 4.69) is 55.4 Å². The van der Waals surface area contributed by atoms with E-state index in [1.165, 1.54) is 0 Å². The van der Waals surface area contributed by atoms with Gasteiger partial charge in [-0.2, -0.15) is 10.1 Å². The summed E-state index contributed by atoms with van der Waals surface area (Å²) in [7, 11) is 0. The van der Waals surface area contributed by atoms with Gasteiger partial charge in [0.05, 0.1) is 12.2 Å². The Morgan fingerprint density at radius 1 is 0.640 bits per heavy atom. The molecule has 0 spiro atoms. The van der Waals surface area contributed by atoms with Crippen LogP contribution in [0.5, 0.6) is 0 Å². The molecule has 2 aliphatic rings. The third-order valence-electron chi connectivity index (χ3n) is 5.50. The number of rotatable bonds is 4. The molecule has 148 valence electrons. The number of piperidine rings is 2. The van der Waals surface area contributed by atoms with Gasteiger partial charge >= 0.3 is 0 Å². The van der Waals surface area contributed by atoms with Crippen molar-refractivity contribution in [2.75, 3.05) is 6.79 Å². The Morgan fingerprint density at radius 2 is 0.880 bits per heavy atom. The first-order valence-corrected chi connectivity index (χ1v) is 9.40. The number of nitrogens with zero attached hydrogens (tertiary/aromatic N) is 2. The highest BCUT2D eigenvalue weighted by Crippen LogP contribution is 2.40. The first kappa shape index (κ1) is 21.1. The Labute approximate surface area is 153 Å². The normalized spacial score (nSPS) is 30.5. The molecule has 0 aliphatic carbocycles. The van der Waals surface area contributed by atoms with Crippen LogP contribution in [0.25, 0.3) is 0 Å². The highest BCUT2D eigenvalue weighted by Gasteiger charge is 2.48. The van der Waals surface area contributed by atoms with Crippen molar-refractivity contribution in [2.24, 2.45) is 0 Å². The molecule has 2 saturated heterocycles. The van der Waals surface area contributed by atoms with E-state index in [4.69, 9.17) is 9.68 Å². The fraction of sp³-hybridized carbons (Fsp3) is 1.00. The molecule has 0 atom stereocenters. The summed E-state index contributed by atoms with van der Waals surface area (Å²) in [5.74, 6) is 0. The zero-order valence-electron chi connectivity index (χ0n) is 17.3. The molecule has 25 heavy (non-hydrogen) atoms. The molecule has 0 saturated carbocycles. The van der Waals surface area contributed by atoms with E-state index in [0.29, 0.717) is 25.7 Å². The molecule has 2 rings (SSSR count). The number of aliphatic hydroxyl groups is 2. The Kier molecular flexibility index (Phi) is 5.67. The SMILES string of the molecule is CC1(C)CC(O)CC(C)(C)N1OCON1C(C)(C)CC(O)CC1(C)C. The van der Waals surface area contributed by atoms with Gasteiger partial charge in [-0.05, 0) is 81.1 Å². The van der Waals surface area contributed by atoms with Gasteiger partial charge in [0.25, 0.3) is 0 Å². The van der Waals surface area contributed by atoms with Gasteiger partial charge in [0.2, 0.25) is 0 Å². The summed E-state index contributed by atoms with van der Waals surface area (Å²) in [4.78, 5) is 12.1. The van der Waals surface area contributed by atoms with Crippen molar-refractivity contribution in [3.8, 4) is 0 Å². The van der Waals surface area contributed by atoms with Crippen LogP contribution in [-0.4, -0.2) is 61.5 Å². The Balaban J connectivity index is 2.03. The Morgan fingerprint density at radius 3 is 1.12 bits per heavy atom. The standard InChI is InChI=1S/C19H38N2O4/c1-16(2)9-14(22)10-17(3,4)20(16)24-13-25-21-18(5,6)11-15(23)12-19(21,7)8/h14-15,22-23H,9-13H2,1-8H3. The molecule has 2 heterocycles. The summed E-state index contributed by atoms with van der Waals surface area (Å²) in [6.45, 7) is 16.8. The van der Waals surface area contributed by atoms with Crippen LogP contribution in [0.3, 0.4) is 0 Å². The topological polar surface area (TPSA) is 65.4 Å². The lowest BCUT2D eigenvalue weighted by molar-refractivity contribution is -0.388. The van der Waals surface area contributed by atoms with Gasteiger partial charge in [-0.15, -0.1) is 0 Å². The first-order valence-electron chi connectivity index (χ1n) is 9.40. The van der Waals surface area contributed by atoms with Crippen LogP contribution in [0.1, 0.15) is 81.1 Å². The van der Waals surface area contributed by atoms with Crippen LogP contribution in [0.4, 0.5) is 0 Å². The average molecular weight is 359 g/mol. The van der Waals surface area contributed by atoms with E-state index in [1.807, 2.05) is 10.1 Å². The molecular formula is C19H38N2O4. The summed E-state index contributed by atoms with van der Waals surface area (Å²) in [6.07, 6.45) is 2.05. The second-order valence-electron chi connectivity index (χ2n) is 10.3. The summed E-state index contributed by atoms with van der Waals surface area (Å²) >= 11 is 0. The van der Waals surface area contributed by atoms with E-state index >= 15 is 0 Å². The van der Waals surface area contributed by atoms with E-state index in [9.17, 15) is 10.2 Å². The quantitative estimate of drug-likeness (QED) is 0.754. The molecule has 6 nitrogen and oxygen atoms in total. The van der Waals surface area contributed by atoms with Crippen LogP contribution in [0.2, 0.25) is 0 Å². The van der Waals surface area contributed by atoms with E-state index in [-0.39, 0.29) is 41.2 Å². The molecule has 0 radical (unpaired) electrons.